The Morgan fingerprint density at radius 2 is 1.14 bits per heavy atom. The number of nitrogens with zero attached hydrogens (tertiary/aromatic N) is 1. The number of hydrazine groups is 1. The number of hydrogen-bond acceptors (Lipinski definition) is 9. The SMILES string of the molecule is Cc1c(S(=O)(=O)c2ccc(Cl)cc2)csc1C(=O)NN(C(=O)c1scc(S(=O)(=O)c2ccc(Cl)cc2)c1C)c1ccc(OC(F)(F)F)cc1. The minimum absolute atomic E-state index is 0.0462. The van der Waals surface area contributed by atoms with Gasteiger partial charge in [-0.3, -0.25) is 15.0 Å². The van der Waals surface area contributed by atoms with Gasteiger partial charge in [-0.25, -0.2) is 21.8 Å². The van der Waals surface area contributed by atoms with Crippen LogP contribution in [0.15, 0.2) is 103 Å². The highest BCUT2D eigenvalue weighted by molar-refractivity contribution is 7.92. The molecule has 0 fully saturated rings. The van der Waals surface area contributed by atoms with Gasteiger partial charge in [0.25, 0.3) is 11.8 Å². The molecule has 0 aliphatic rings. The number of hydrogen-bond donors (Lipinski definition) is 1. The number of anilines is 1. The Bertz CT molecular complexity index is 2270. The van der Waals surface area contributed by atoms with Gasteiger partial charge in [0.1, 0.15) is 5.75 Å². The number of ether oxygens (including phenoxy) is 1. The molecule has 0 aliphatic carbocycles. The van der Waals surface area contributed by atoms with E-state index in [0.29, 0.717) is 10.0 Å². The molecule has 0 bridgehead atoms. The summed E-state index contributed by atoms with van der Waals surface area (Å²) in [6.07, 6.45) is -4.99. The largest absolute Gasteiger partial charge is 0.573 e. The molecule has 0 unspecified atom stereocenters. The van der Waals surface area contributed by atoms with Crippen LogP contribution in [0, 0.1) is 13.8 Å². The van der Waals surface area contributed by atoms with Gasteiger partial charge in [0, 0.05) is 20.8 Å². The van der Waals surface area contributed by atoms with Crippen molar-refractivity contribution in [2.45, 2.75) is 39.8 Å². The molecule has 2 heterocycles. The van der Waals surface area contributed by atoms with Gasteiger partial charge in [-0.2, -0.15) is 0 Å². The standard InChI is InChI=1S/C31H21Cl2F3N2O7S4/c1-17-25(48(41,42)23-11-3-19(32)4-12-23)15-46-27(17)29(39)37-38(21-7-9-22(10-8-21)45-31(34,35)36)30(40)28-18(2)26(16-47-28)49(43,44)24-13-5-20(33)6-14-24/h3-16H,1-2H3,(H,37,39). The lowest BCUT2D eigenvalue weighted by Gasteiger charge is -2.23. The maximum Gasteiger partial charge on any atom is 0.573 e. The number of benzene rings is 3. The topological polar surface area (TPSA) is 127 Å². The Morgan fingerprint density at radius 3 is 1.59 bits per heavy atom. The fourth-order valence-electron chi connectivity index (χ4n) is 4.53. The van der Waals surface area contributed by atoms with Crippen molar-refractivity contribution in [1.82, 2.24) is 5.43 Å². The molecule has 0 spiro atoms. The highest BCUT2D eigenvalue weighted by Crippen LogP contribution is 2.35. The summed E-state index contributed by atoms with van der Waals surface area (Å²) in [6, 6.07) is 14.8. The van der Waals surface area contributed by atoms with Gasteiger partial charge in [-0.1, -0.05) is 23.2 Å². The van der Waals surface area contributed by atoms with Gasteiger partial charge in [0.15, 0.2) is 0 Å². The maximum atomic E-state index is 14.0. The smallest absolute Gasteiger partial charge is 0.406 e. The van der Waals surface area contributed by atoms with Gasteiger partial charge in [-0.05, 0) is 97.8 Å². The van der Waals surface area contributed by atoms with Crippen LogP contribution in [-0.2, 0) is 19.7 Å². The molecule has 49 heavy (non-hydrogen) atoms. The molecule has 0 radical (unpaired) electrons. The number of thiophene rings is 2. The molecule has 18 heteroatoms. The van der Waals surface area contributed by atoms with Crippen LogP contribution in [0.2, 0.25) is 10.0 Å². The molecule has 2 aromatic heterocycles. The van der Waals surface area contributed by atoms with Crippen LogP contribution in [0.1, 0.15) is 30.5 Å². The van der Waals surface area contributed by atoms with Crippen molar-refractivity contribution < 1.29 is 44.3 Å². The van der Waals surface area contributed by atoms with Crippen molar-refractivity contribution in [3.05, 3.63) is 114 Å². The van der Waals surface area contributed by atoms with E-state index in [4.69, 9.17) is 23.2 Å². The van der Waals surface area contributed by atoms with Gasteiger partial charge in [0.2, 0.25) is 19.7 Å². The van der Waals surface area contributed by atoms with E-state index in [2.05, 4.69) is 10.2 Å². The molecule has 2 amide bonds. The lowest BCUT2D eigenvalue weighted by molar-refractivity contribution is -0.274. The van der Waals surface area contributed by atoms with Crippen molar-refractivity contribution in [2.75, 3.05) is 5.01 Å². The van der Waals surface area contributed by atoms with Crippen molar-refractivity contribution in [1.29, 1.82) is 0 Å². The van der Waals surface area contributed by atoms with Crippen LogP contribution in [0.3, 0.4) is 0 Å². The Hall–Kier alpha value is -3.93. The Balaban J connectivity index is 1.52. The van der Waals surface area contributed by atoms with Crippen LogP contribution in [-0.4, -0.2) is 35.0 Å². The van der Waals surface area contributed by atoms with Gasteiger partial charge < -0.3 is 4.74 Å². The van der Waals surface area contributed by atoms with Gasteiger partial charge in [0.05, 0.1) is 35.0 Å². The summed E-state index contributed by atoms with van der Waals surface area (Å²) in [5.74, 6) is -2.46. The third kappa shape index (κ3) is 7.64. The number of alkyl halides is 3. The highest BCUT2D eigenvalue weighted by Gasteiger charge is 2.33. The minimum atomic E-state index is -4.99. The van der Waals surface area contributed by atoms with E-state index in [1.165, 1.54) is 73.1 Å². The highest BCUT2D eigenvalue weighted by atomic mass is 35.5. The van der Waals surface area contributed by atoms with Crippen molar-refractivity contribution in [2.24, 2.45) is 0 Å². The zero-order valence-corrected chi connectivity index (χ0v) is 29.7. The molecule has 5 rings (SSSR count). The number of carbonyl (C=O) groups is 2. The Morgan fingerprint density at radius 1 is 0.714 bits per heavy atom. The average molecular weight is 790 g/mol. The van der Waals surface area contributed by atoms with Crippen LogP contribution >= 0.6 is 45.9 Å². The number of rotatable bonds is 8. The summed E-state index contributed by atoms with van der Waals surface area (Å²) in [7, 11) is -8.19. The quantitative estimate of drug-likeness (QED) is 0.157. The minimum Gasteiger partial charge on any atom is -0.406 e. The lowest BCUT2D eigenvalue weighted by Crippen LogP contribution is -2.46. The second kappa shape index (κ2) is 13.8. The van der Waals surface area contributed by atoms with Crippen LogP contribution in [0.4, 0.5) is 18.9 Å². The first-order chi connectivity index (χ1) is 22.9. The van der Waals surface area contributed by atoms with Gasteiger partial charge in [-0.15, -0.1) is 35.8 Å². The molecule has 5 aromatic rings. The zero-order chi connectivity index (χ0) is 35.9. The summed E-state index contributed by atoms with van der Waals surface area (Å²) < 4.78 is 95.8. The first-order valence-electron chi connectivity index (χ1n) is 13.6. The first-order valence-corrected chi connectivity index (χ1v) is 19.1. The summed E-state index contributed by atoms with van der Waals surface area (Å²) in [4.78, 5) is 27.0. The van der Waals surface area contributed by atoms with E-state index in [0.717, 1.165) is 51.9 Å². The number of amides is 2. The normalized spacial score (nSPS) is 12.1. The molecule has 1 N–H and O–H groups in total. The fourth-order valence-corrected chi connectivity index (χ4v) is 10.4. The van der Waals surface area contributed by atoms with Crippen molar-refractivity contribution >= 4 is 83.1 Å². The Kier molecular flexibility index (Phi) is 10.2. The maximum absolute atomic E-state index is 14.0. The molecule has 0 atom stereocenters. The predicted octanol–water partition coefficient (Wildman–Crippen LogP) is 8.29. The van der Waals surface area contributed by atoms with Gasteiger partial charge >= 0.3 is 6.36 Å². The fraction of sp³-hybridized carbons (Fsp3) is 0.0968. The van der Waals surface area contributed by atoms with Crippen LogP contribution in [0.25, 0.3) is 0 Å². The predicted molar refractivity (Wildman–Crippen MR) is 179 cm³/mol. The van der Waals surface area contributed by atoms with Crippen LogP contribution in [0.5, 0.6) is 5.75 Å². The summed E-state index contributed by atoms with van der Waals surface area (Å²) in [6.45, 7) is 2.80. The van der Waals surface area contributed by atoms with E-state index >= 15 is 0 Å². The van der Waals surface area contributed by atoms with E-state index in [1.54, 1.807) is 0 Å². The molecule has 9 nitrogen and oxygen atoms in total. The Labute approximate surface area is 296 Å². The zero-order valence-electron chi connectivity index (χ0n) is 24.9. The number of nitrogens with one attached hydrogen (secondary N) is 1. The molecule has 0 aliphatic heterocycles. The molecule has 0 saturated heterocycles. The van der Waals surface area contributed by atoms with Crippen molar-refractivity contribution in [3.63, 3.8) is 0 Å². The molecular weight excluding hydrogens is 769 g/mol. The molecule has 0 saturated carbocycles. The van der Waals surface area contributed by atoms with Crippen LogP contribution < -0.4 is 15.2 Å². The van der Waals surface area contributed by atoms with E-state index in [1.807, 2.05) is 0 Å². The molecular formula is C31H21Cl2F3N2O7S4. The summed E-state index contributed by atoms with van der Waals surface area (Å²) in [5, 5.41) is 3.87. The second-order valence-electron chi connectivity index (χ2n) is 10.1. The first kappa shape index (κ1) is 36.4. The third-order valence-corrected chi connectivity index (χ3v) is 13.7. The summed E-state index contributed by atoms with van der Waals surface area (Å²) in [5.41, 5.74) is 2.40. The number of halogens is 5. The van der Waals surface area contributed by atoms with E-state index in [9.17, 15) is 39.6 Å². The molecule has 256 valence electrons. The monoisotopic (exact) mass is 788 g/mol. The van der Waals surface area contributed by atoms with Crippen molar-refractivity contribution in [3.8, 4) is 5.75 Å². The number of carbonyl (C=O) groups excluding carboxylic acids is 2. The summed E-state index contributed by atoms with van der Waals surface area (Å²) >= 11 is 13.3. The van der Waals surface area contributed by atoms with E-state index in [-0.39, 0.29) is 46.2 Å². The molecule has 3 aromatic carbocycles. The number of sulfone groups is 2. The second-order valence-corrected chi connectivity index (χ2v) is 16.6. The lowest BCUT2D eigenvalue weighted by atomic mass is 10.2. The van der Waals surface area contributed by atoms with E-state index < -0.39 is 43.6 Å². The third-order valence-electron chi connectivity index (χ3n) is 6.96. The average Bonchev–Trinajstić information content (AvgIpc) is 3.63.